The van der Waals surface area contributed by atoms with E-state index in [1.54, 1.807) is 7.11 Å². The average Bonchev–Trinajstić information content (AvgIpc) is 2.93. The van der Waals surface area contributed by atoms with Gasteiger partial charge >= 0.3 is 0 Å². The van der Waals surface area contributed by atoms with Crippen molar-refractivity contribution in [3.63, 3.8) is 0 Å². The summed E-state index contributed by atoms with van der Waals surface area (Å²) in [6, 6.07) is 5.77. The molecule has 4 heteroatoms. The van der Waals surface area contributed by atoms with E-state index in [1.807, 2.05) is 18.2 Å². The zero-order valence-corrected chi connectivity index (χ0v) is 13.4. The van der Waals surface area contributed by atoms with Crippen LogP contribution in [0.5, 0.6) is 5.75 Å². The summed E-state index contributed by atoms with van der Waals surface area (Å²) < 4.78 is 5.41. The molecule has 0 aliphatic carbocycles. The van der Waals surface area contributed by atoms with Crippen LogP contribution in [-0.2, 0) is 6.42 Å². The van der Waals surface area contributed by atoms with E-state index in [9.17, 15) is 0 Å². The van der Waals surface area contributed by atoms with E-state index >= 15 is 0 Å². The molecule has 1 heterocycles. The average molecular weight is 297 g/mol. The van der Waals surface area contributed by atoms with Crippen molar-refractivity contribution >= 4 is 11.6 Å². The molecular weight excluding hydrogens is 272 g/mol. The van der Waals surface area contributed by atoms with Gasteiger partial charge in [-0.25, -0.2) is 0 Å². The minimum atomic E-state index is -0.0101. The van der Waals surface area contributed by atoms with Crippen LogP contribution >= 0.6 is 11.6 Å². The Bertz CT molecular complexity index is 456. The highest BCUT2D eigenvalue weighted by Gasteiger charge is 2.35. The molecule has 0 spiro atoms. The Balaban J connectivity index is 2.14. The first-order valence-electron chi connectivity index (χ1n) is 7.28. The molecule has 1 aliphatic heterocycles. The zero-order chi connectivity index (χ0) is 14.8. The predicted octanol–water partition coefficient (Wildman–Crippen LogP) is 3.09. The molecule has 1 fully saturated rings. The second kappa shape index (κ2) is 6.33. The molecule has 112 valence electrons. The van der Waals surface area contributed by atoms with Crippen LogP contribution in [0.2, 0.25) is 5.02 Å². The Labute approximate surface area is 127 Å². The number of halogens is 1. The lowest BCUT2D eigenvalue weighted by Crippen LogP contribution is -2.55. The third-order valence-corrected chi connectivity index (χ3v) is 4.75. The van der Waals surface area contributed by atoms with E-state index in [-0.39, 0.29) is 11.6 Å². The van der Waals surface area contributed by atoms with Crippen molar-refractivity contribution in [1.29, 1.82) is 0 Å². The number of ether oxygens (including phenoxy) is 1. The number of methoxy groups -OCH3 is 1. The monoisotopic (exact) mass is 296 g/mol. The van der Waals surface area contributed by atoms with Crippen LogP contribution in [0.4, 0.5) is 0 Å². The Morgan fingerprint density at radius 1 is 1.35 bits per heavy atom. The molecule has 1 atom stereocenters. The van der Waals surface area contributed by atoms with Crippen LogP contribution in [0, 0.1) is 0 Å². The van der Waals surface area contributed by atoms with Gasteiger partial charge in [-0.05, 0) is 70.0 Å². The summed E-state index contributed by atoms with van der Waals surface area (Å²) in [6.45, 7) is 6.76. The van der Waals surface area contributed by atoms with Crippen molar-refractivity contribution in [2.24, 2.45) is 5.73 Å². The molecule has 0 amide bonds. The SMILES string of the molecule is COc1ccc(Cl)cc1CC(N)C(C)(C)N1CCCC1. The number of hydrogen-bond donors (Lipinski definition) is 1. The third-order valence-electron chi connectivity index (χ3n) is 4.51. The van der Waals surface area contributed by atoms with Crippen molar-refractivity contribution in [2.45, 2.75) is 44.7 Å². The number of likely N-dealkylation sites (tertiary alicyclic amines) is 1. The topological polar surface area (TPSA) is 38.5 Å². The molecule has 2 N–H and O–H groups in total. The number of hydrogen-bond acceptors (Lipinski definition) is 3. The molecule has 0 saturated carbocycles. The molecule has 0 bridgehead atoms. The summed E-state index contributed by atoms with van der Waals surface area (Å²) in [5.74, 6) is 0.863. The number of nitrogens with two attached hydrogens (primary N) is 1. The number of nitrogens with zero attached hydrogens (tertiary/aromatic N) is 1. The molecule has 1 unspecified atom stereocenters. The Morgan fingerprint density at radius 2 is 2.00 bits per heavy atom. The van der Waals surface area contributed by atoms with Crippen LogP contribution in [0.3, 0.4) is 0 Å². The normalized spacial score (nSPS) is 18.2. The van der Waals surface area contributed by atoms with Gasteiger partial charge in [-0.3, -0.25) is 4.90 Å². The highest BCUT2D eigenvalue weighted by Crippen LogP contribution is 2.29. The van der Waals surface area contributed by atoms with Crippen LogP contribution in [0.15, 0.2) is 18.2 Å². The number of benzene rings is 1. The van der Waals surface area contributed by atoms with Crippen LogP contribution in [0.1, 0.15) is 32.3 Å². The van der Waals surface area contributed by atoms with E-state index in [0.29, 0.717) is 0 Å². The van der Waals surface area contributed by atoms with Crippen LogP contribution < -0.4 is 10.5 Å². The van der Waals surface area contributed by atoms with Gasteiger partial charge in [0, 0.05) is 16.6 Å². The summed E-state index contributed by atoms with van der Waals surface area (Å²) in [5, 5.41) is 0.729. The number of rotatable bonds is 5. The van der Waals surface area contributed by atoms with E-state index in [0.717, 1.165) is 35.8 Å². The minimum absolute atomic E-state index is 0.0101. The van der Waals surface area contributed by atoms with Crippen molar-refractivity contribution in [1.82, 2.24) is 4.90 Å². The fourth-order valence-electron chi connectivity index (χ4n) is 2.92. The molecule has 1 aromatic carbocycles. The molecule has 3 nitrogen and oxygen atoms in total. The van der Waals surface area contributed by atoms with E-state index in [1.165, 1.54) is 12.8 Å². The zero-order valence-electron chi connectivity index (χ0n) is 12.7. The lowest BCUT2D eigenvalue weighted by Gasteiger charge is -2.40. The molecule has 2 rings (SSSR count). The predicted molar refractivity (Wildman–Crippen MR) is 84.6 cm³/mol. The maximum absolute atomic E-state index is 6.50. The van der Waals surface area contributed by atoms with Gasteiger partial charge in [0.2, 0.25) is 0 Å². The molecule has 1 aliphatic rings. The maximum Gasteiger partial charge on any atom is 0.122 e. The first kappa shape index (κ1) is 15.6. The molecule has 20 heavy (non-hydrogen) atoms. The fourth-order valence-corrected chi connectivity index (χ4v) is 3.12. The van der Waals surface area contributed by atoms with Crippen LogP contribution in [0.25, 0.3) is 0 Å². The largest absolute Gasteiger partial charge is 0.496 e. The van der Waals surface area contributed by atoms with Gasteiger partial charge in [-0.1, -0.05) is 11.6 Å². The lowest BCUT2D eigenvalue weighted by molar-refractivity contribution is 0.123. The van der Waals surface area contributed by atoms with E-state index in [4.69, 9.17) is 22.1 Å². The van der Waals surface area contributed by atoms with E-state index in [2.05, 4.69) is 18.7 Å². The summed E-state index contributed by atoms with van der Waals surface area (Å²) in [5.41, 5.74) is 7.57. The van der Waals surface area contributed by atoms with Gasteiger partial charge in [0.15, 0.2) is 0 Å². The lowest BCUT2D eigenvalue weighted by atomic mass is 9.88. The van der Waals surface area contributed by atoms with E-state index < -0.39 is 0 Å². The van der Waals surface area contributed by atoms with Crippen molar-refractivity contribution in [3.05, 3.63) is 28.8 Å². The quantitative estimate of drug-likeness (QED) is 0.907. The third kappa shape index (κ3) is 3.27. The van der Waals surface area contributed by atoms with Gasteiger partial charge in [0.25, 0.3) is 0 Å². The molecular formula is C16H25ClN2O. The highest BCUT2D eigenvalue weighted by atomic mass is 35.5. The molecule has 1 aromatic rings. The summed E-state index contributed by atoms with van der Waals surface area (Å²) in [4.78, 5) is 2.49. The standard InChI is InChI=1S/C16H25ClN2O/c1-16(2,19-8-4-5-9-19)15(18)11-12-10-13(17)6-7-14(12)20-3/h6-7,10,15H,4-5,8-9,11,18H2,1-3H3. The van der Waals surface area contributed by atoms with Gasteiger partial charge in [-0.15, -0.1) is 0 Å². The first-order valence-corrected chi connectivity index (χ1v) is 7.66. The van der Waals surface area contributed by atoms with Crippen molar-refractivity contribution in [2.75, 3.05) is 20.2 Å². The van der Waals surface area contributed by atoms with Crippen molar-refractivity contribution < 1.29 is 4.74 Å². The smallest absolute Gasteiger partial charge is 0.122 e. The van der Waals surface area contributed by atoms with Crippen LogP contribution in [-0.4, -0.2) is 36.7 Å². The second-order valence-electron chi connectivity index (χ2n) is 6.11. The summed E-state index contributed by atoms with van der Waals surface area (Å²) in [6.07, 6.45) is 3.32. The molecule has 0 radical (unpaired) electrons. The first-order chi connectivity index (χ1) is 9.45. The fraction of sp³-hybridized carbons (Fsp3) is 0.625. The highest BCUT2D eigenvalue weighted by molar-refractivity contribution is 6.30. The Kier molecular flexibility index (Phi) is 4.95. The van der Waals surface area contributed by atoms with Gasteiger partial charge in [0.1, 0.15) is 5.75 Å². The van der Waals surface area contributed by atoms with Gasteiger partial charge < -0.3 is 10.5 Å². The van der Waals surface area contributed by atoms with Crippen molar-refractivity contribution in [3.8, 4) is 5.75 Å². The Hall–Kier alpha value is -0.770. The summed E-state index contributed by atoms with van der Waals surface area (Å²) >= 11 is 6.09. The molecule has 0 aromatic heterocycles. The second-order valence-corrected chi connectivity index (χ2v) is 6.55. The maximum atomic E-state index is 6.50. The Morgan fingerprint density at radius 3 is 2.60 bits per heavy atom. The van der Waals surface area contributed by atoms with Gasteiger partial charge in [0.05, 0.1) is 7.11 Å². The van der Waals surface area contributed by atoms with Gasteiger partial charge in [-0.2, -0.15) is 0 Å². The minimum Gasteiger partial charge on any atom is -0.496 e. The summed E-state index contributed by atoms with van der Waals surface area (Å²) in [7, 11) is 1.68. The molecule has 1 saturated heterocycles.